The first-order valence-electron chi connectivity index (χ1n) is 7.85. The number of halogens is 2. The quantitative estimate of drug-likeness (QED) is 0.790. The number of hydrogen-bond acceptors (Lipinski definition) is 5. The van der Waals surface area contributed by atoms with Gasteiger partial charge in [-0.1, -0.05) is 17.8 Å². The zero-order chi connectivity index (χ0) is 18.0. The zero-order valence-electron chi connectivity index (χ0n) is 13.6. The van der Waals surface area contributed by atoms with E-state index in [1.165, 1.54) is 23.9 Å². The van der Waals surface area contributed by atoms with Gasteiger partial charge in [-0.25, -0.2) is 9.38 Å². The van der Waals surface area contributed by atoms with Crippen LogP contribution in [0.25, 0.3) is 0 Å². The summed E-state index contributed by atoms with van der Waals surface area (Å²) in [6, 6.07) is 4.46. The summed E-state index contributed by atoms with van der Waals surface area (Å²) in [6.45, 7) is 1.93. The van der Waals surface area contributed by atoms with Gasteiger partial charge in [0, 0.05) is 18.4 Å². The van der Waals surface area contributed by atoms with Gasteiger partial charge in [0.2, 0.25) is 0 Å². The number of aliphatic imine (C=N–C) groups is 2. The molecule has 0 bridgehead atoms. The molecule has 3 N–H and O–H groups in total. The predicted molar refractivity (Wildman–Crippen MR) is 101 cm³/mol. The molecule has 5 nitrogen and oxygen atoms in total. The van der Waals surface area contributed by atoms with Crippen molar-refractivity contribution in [1.29, 1.82) is 0 Å². The molecule has 0 saturated heterocycles. The van der Waals surface area contributed by atoms with Crippen LogP contribution in [0.5, 0.6) is 0 Å². The number of allylic oxidation sites excluding steroid dienone is 1. The molecule has 1 aromatic rings. The fourth-order valence-electron chi connectivity index (χ4n) is 2.72. The van der Waals surface area contributed by atoms with Gasteiger partial charge in [0.05, 0.1) is 16.5 Å². The Morgan fingerprint density at radius 1 is 1.52 bits per heavy atom. The van der Waals surface area contributed by atoms with Crippen LogP contribution >= 0.6 is 23.4 Å². The van der Waals surface area contributed by atoms with E-state index in [9.17, 15) is 9.18 Å². The smallest absolute Gasteiger partial charge is 0.259 e. The van der Waals surface area contributed by atoms with Crippen LogP contribution in [0.1, 0.15) is 35.7 Å². The zero-order valence-corrected chi connectivity index (χ0v) is 15.2. The third-order valence-electron chi connectivity index (χ3n) is 4.17. The lowest BCUT2D eigenvalue weighted by Crippen LogP contribution is -2.30. The first-order valence-corrected chi connectivity index (χ1v) is 9.27. The summed E-state index contributed by atoms with van der Waals surface area (Å²) in [4.78, 5) is 21.0. The molecule has 8 heteroatoms. The van der Waals surface area contributed by atoms with E-state index in [1.807, 2.05) is 6.92 Å². The maximum Gasteiger partial charge on any atom is 0.259 e. The molecule has 1 aromatic carbocycles. The van der Waals surface area contributed by atoms with Crippen LogP contribution in [0.2, 0.25) is 0 Å². The monoisotopic (exact) mass is 380 g/mol. The third kappa shape index (κ3) is 4.04. The second kappa shape index (κ2) is 7.17. The normalized spacial score (nSPS) is 26.0. The molecule has 0 aliphatic carbocycles. The van der Waals surface area contributed by atoms with Crippen LogP contribution in [0.3, 0.4) is 0 Å². The Morgan fingerprint density at radius 2 is 2.32 bits per heavy atom. The number of amidine groups is 1. The summed E-state index contributed by atoms with van der Waals surface area (Å²) < 4.78 is 14.2. The maximum atomic E-state index is 14.2. The van der Waals surface area contributed by atoms with Crippen molar-refractivity contribution in [3.05, 3.63) is 47.0 Å². The van der Waals surface area contributed by atoms with Crippen molar-refractivity contribution in [3.8, 4) is 0 Å². The van der Waals surface area contributed by atoms with Gasteiger partial charge in [-0.2, -0.15) is 0 Å². The molecule has 2 atom stereocenters. The Morgan fingerprint density at radius 3 is 3.04 bits per heavy atom. The van der Waals surface area contributed by atoms with E-state index in [4.69, 9.17) is 17.3 Å². The van der Waals surface area contributed by atoms with Crippen molar-refractivity contribution in [1.82, 2.24) is 5.32 Å². The molecule has 2 aliphatic heterocycles. The molecule has 2 heterocycles. The predicted octanol–water partition coefficient (Wildman–Crippen LogP) is 3.15. The van der Waals surface area contributed by atoms with Gasteiger partial charge in [-0.3, -0.25) is 9.79 Å². The SMILES string of the molecule is CC1(c2ccc(F)c(C(=O)NC3=CC(Cl)CC=N3)c2)CCSC(N)=N1. The van der Waals surface area contributed by atoms with E-state index in [-0.39, 0.29) is 10.9 Å². The Balaban J connectivity index is 1.88. The molecule has 0 fully saturated rings. The van der Waals surface area contributed by atoms with Crippen LogP contribution < -0.4 is 11.1 Å². The van der Waals surface area contributed by atoms with Crippen LogP contribution in [0.15, 0.2) is 40.1 Å². The number of alkyl halides is 1. The number of nitrogens with two attached hydrogens (primary N) is 1. The van der Waals surface area contributed by atoms with Gasteiger partial charge < -0.3 is 11.1 Å². The van der Waals surface area contributed by atoms with Crippen molar-refractivity contribution in [2.75, 3.05) is 5.75 Å². The Bertz CT molecular complexity index is 795. The molecule has 0 saturated carbocycles. The Kier molecular flexibility index (Phi) is 5.15. The lowest BCUT2D eigenvalue weighted by Gasteiger charge is -2.30. The second-order valence-electron chi connectivity index (χ2n) is 6.09. The van der Waals surface area contributed by atoms with Crippen molar-refractivity contribution in [2.45, 2.75) is 30.7 Å². The lowest BCUT2D eigenvalue weighted by atomic mass is 9.88. The highest BCUT2D eigenvalue weighted by atomic mass is 35.5. The summed E-state index contributed by atoms with van der Waals surface area (Å²) in [6.07, 6.45) is 4.61. The largest absolute Gasteiger partial charge is 0.379 e. The van der Waals surface area contributed by atoms with Gasteiger partial charge in [0.1, 0.15) is 11.6 Å². The molecule has 1 amide bonds. The van der Waals surface area contributed by atoms with Crippen molar-refractivity contribution >= 4 is 40.7 Å². The molecule has 25 heavy (non-hydrogen) atoms. The molecule has 0 aromatic heterocycles. The summed E-state index contributed by atoms with van der Waals surface area (Å²) in [5.74, 6) is -0.0265. The van der Waals surface area contributed by atoms with E-state index < -0.39 is 17.3 Å². The van der Waals surface area contributed by atoms with E-state index in [0.717, 1.165) is 17.7 Å². The number of hydrogen-bond donors (Lipinski definition) is 2. The number of nitrogens with zero attached hydrogens (tertiary/aromatic N) is 2. The molecular formula is C17H18ClFN4OS. The molecule has 3 rings (SSSR count). The van der Waals surface area contributed by atoms with E-state index >= 15 is 0 Å². The number of carbonyl (C=O) groups is 1. The fraction of sp³-hybridized carbons (Fsp3) is 0.353. The molecule has 0 radical (unpaired) electrons. The topological polar surface area (TPSA) is 79.8 Å². The molecule has 2 unspecified atom stereocenters. The van der Waals surface area contributed by atoms with Gasteiger partial charge in [0.15, 0.2) is 5.17 Å². The van der Waals surface area contributed by atoms with Gasteiger partial charge in [-0.15, -0.1) is 11.6 Å². The summed E-state index contributed by atoms with van der Waals surface area (Å²) >= 11 is 7.50. The summed E-state index contributed by atoms with van der Waals surface area (Å²) in [5.41, 5.74) is 5.96. The third-order valence-corrected chi connectivity index (χ3v) is 5.27. The summed E-state index contributed by atoms with van der Waals surface area (Å²) in [7, 11) is 0. The maximum absolute atomic E-state index is 14.2. The van der Waals surface area contributed by atoms with E-state index in [0.29, 0.717) is 17.4 Å². The first-order chi connectivity index (χ1) is 11.9. The highest BCUT2D eigenvalue weighted by molar-refractivity contribution is 8.13. The lowest BCUT2D eigenvalue weighted by molar-refractivity contribution is 0.0961. The number of thioether (sulfide) groups is 1. The Labute approximate surface area is 154 Å². The minimum absolute atomic E-state index is 0.0569. The van der Waals surface area contributed by atoms with E-state index in [2.05, 4.69) is 15.3 Å². The van der Waals surface area contributed by atoms with Crippen molar-refractivity contribution < 1.29 is 9.18 Å². The average Bonchev–Trinajstić information content (AvgIpc) is 2.54. The number of nitrogens with one attached hydrogen (secondary N) is 1. The fourth-order valence-corrected chi connectivity index (χ4v) is 3.89. The van der Waals surface area contributed by atoms with Gasteiger partial charge in [-0.05, 0) is 37.1 Å². The minimum atomic E-state index is -0.602. The molecule has 2 aliphatic rings. The Hall–Kier alpha value is -1.86. The van der Waals surface area contributed by atoms with Gasteiger partial charge in [0.25, 0.3) is 5.91 Å². The average molecular weight is 381 g/mol. The highest BCUT2D eigenvalue weighted by Crippen LogP contribution is 2.35. The van der Waals surface area contributed by atoms with Crippen molar-refractivity contribution in [3.63, 3.8) is 0 Å². The first kappa shape index (κ1) is 17.9. The van der Waals surface area contributed by atoms with Crippen LogP contribution in [0, 0.1) is 5.82 Å². The number of carbonyl (C=O) groups excluding carboxylic acids is 1. The number of amides is 1. The number of rotatable bonds is 3. The minimum Gasteiger partial charge on any atom is -0.379 e. The molecule has 0 spiro atoms. The molecule has 132 valence electrons. The summed E-state index contributed by atoms with van der Waals surface area (Å²) in [5, 5.41) is 2.86. The van der Waals surface area contributed by atoms with E-state index in [1.54, 1.807) is 18.4 Å². The number of benzene rings is 1. The van der Waals surface area contributed by atoms with Crippen LogP contribution in [0.4, 0.5) is 4.39 Å². The molecular weight excluding hydrogens is 363 g/mol. The van der Waals surface area contributed by atoms with Gasteiger partial charge >= 0.3 is 0 Å². The van der Waals surface area contributed by atoms with Crippen LogP contribution in [-0.2, 0) is 5.54 Å². The second-order valence-corrected chi connectivity index (χ2v) is 7.76. The van der Waals surface area contributed by atoms with Crippen molar-refractivity contribution in [2.24, 2.45) is 15.7 Å². The van der Waals surface area contributed by atoms with Crippen LogP contribution in [-0.4, -0.2) is 28.4 Å². The standard InChI is InChI=1S/C17H18ClFN4OS/c1-17(5-7-25-16(20)23-17)10-2-3-13(19)12(8-10)15(24)22-14-9-11(18)4-6-21-14/h2-3,6,8-9,11H,4-5,7H2,1H3,(H2,20,23)(H,22,24). The highest BCUT2D eigenvalue weighted by Gasteiger charge is 2.30.